The third-order valence-corrected chi connectivity index (χ3v) is 2.82. The zero-order valence-electron chi connectivity index (χ0n) is 12.0. The van der Waals surface area contributed by atoms with Gasteiger partial charge in [0, 0.05) is 20.7 Å². The second-order valence-corrected chi connectivity index (χ2v) is 4.56. The summed E-state index contributed by atoms with van der Waals surface area (Å²) in [6, 6.07) is 10.4. The summed E-state index contributed by atoms with van der Waals surface area (Å²) >= 11 is 0. The van der Waals surface area contributed by atoms with Crippen molar-refractivity contribution in [2.75, 3.05) is 27.3 Å². The van der Waals surface area contributed by atoms with Gasteiger partial charge in [0.15, 0.2) is 0 Å². The van der Waals surface area contributed by atoms with Crippen LogP contribution in [-0.2, 0) is 11.2 Å². The number of ether oxygens (including phenoxy) is 1. The summed E-state index contributed by atoms with van der Waals surface area (Å²) in [6.45, 7) is 3.43. The van der Waals surface area contributed by atoms with Crippen molar-refractivity contribution in [1.82, 2.24) is 10.3 Å². The van der Waals surface area contributed by atoms with Gasteiger partial charge in [-0.3, -0.25) is 5.43 Å². The van der Waals surface area contributed by atoms with E-state index in [1.165, 1.54) is 5.56 Å². The van der Waals surface area contributed by atoms with Crippen LogP contribution in [0.4, 0.5) is 0 Å². The van der Waals surface area contributed by atoms with E-state index < -0.39 is 0 Å². The Morgan fingerprint density at radius 1 is 1.42 bits per heavy atom. The highest BCUT2D eigenvalue weighted by Crippen LogP contribution is 2.01. The minimum absolute atomic E-state index is 0.0789. The van der Waals surface area contributed by atoms with E-state index in [-0.39, 0.29) is 6.04 Å². The summed E-state index contributed by atoms with van der Waals surface area (Å²) in [5, 5.41) is 0. The standard InChI is InChI=1S/C14H24N4O/c1-12(11-19-3)16-14(17-15)18(2)10-9-13-7-5-4-6-8-13/h4-8,12H,9-11,15H2,1-3H3,(H,16,17). The third kappa shape index (κ3) is 5.72. The molecule has 0 radical (unpaired) electrons. The number of likely N-dealkylation sites (N-methyl/N-ethyl adjacent to an activating group) is 1. The lowest BCUT2D eigenvalue weighted by Gasteiger charge is -2.21. The Balaban J connectivity index is 2.52. The van der Waals surface area contributed by atoms with E-state index in [0.29, 0.717) is 12.6 Å². The van der Waals surface area contributed by atoms with Gasteiger partial charge in [-0.05, 0) is 18.9 Å². The van der Waals surface area contributed by atoms with Gasteiger partial charge in [-0.25, -0.2) is 10.8 Å². The van der Waals surface area contributed by atoms with Crippen molar-refractivity contribution in [2.24, 2.45) is 10.8 Å². The summed E-state index contributed by atoms with van der Waals surface area (Å²) in [5.74, 6) is 6.20. The molecule has 1 unspecified atom stereocenters. The van der Waals surface area contributed by atoms with E-state index in [9.17, 15) is 0 Å². The van der Waals surface area contributed by atoms with Crippen LogP contribution >= 0.6 is 0 Å². The molecular formula is C14H24N4O. The Morgan fingerprint density at radius 3 is 2.68 bits per heavy atom. The summed E-state index contributed by atoms with van der Waals surface area (Å²) in [4.78, 5) is 6.49. The molecule has 0 aromatic heterocycles. The molecule has 19 heavy (non-hydrogen) atoms. The van der Waals surface area contributed by atoms with Crippen LogP contribution in [0.2, 0.25) is 0 Å². The number of hydrogen-bond donors (Lipinski definition) is 2. The SMILES string of the molecule is COCC(C)N=C(NN)N(C)CCc1ccccc1. The second-order valence-electron chi connectivity index (χ2n) is 4.56. The van der Waals surface area contributed by atoms with Crippen molar-refractivity contribution in [2.45, 2.75) is 19.4 Å². The molecule has 0 heterocycles. The van der Waals surface area contributed by atoms with Gasteiger partial charge in [-0.2, -0.15) is 0 Å². The molecule has 0 aliphatic heterocycles. The van der Waals surface area contributed by atoms with E-state index in [1.54, 1.807) is 7.11 Å². The van der Waals surface area contributed by atoms with Gasteiger partial charge in [0.25, 0.3) is 0 Å². The molecule has 0 spiro atoms. The fourth-order valence-electron chi connectivity index (χ4n) is 1.78. The van der Waals surface area contributed by atoms with Crippen molar-refractivity contribution in [1.29, 1.82) is 0 Å². The lowest BCUT2D eigenvalue weighted by molar-refractivity contribution is 0.185. The molecule has 1 rings (SSSR count). The highest BCUT2D eigenvalue weighted by atomic mass is 16.5. The number of guanidine groups is 1. The first-order chi connectivity index (χ1) is 9.17. The van der Waals surface area contributed by atoms with Crippen LogP contribution < -0.4 is 11.3 Å². The number of aliphatic imine (C=N–C) groups is 1. The van der Waals surface area contributed by atoms with Crippen molar-refractivity contribution in [3.05, 3.63) is 35.9 Å². The maximum Gasteiger partial charge on any atom is 0.208 e. The number of nitrogens with one attached hydrogen (secondary N) is 1. The van der Waals surface area contributed by atoms with E-state index in [2.05, 4.69) is 22.6 Å². The molecule has 1 atom stereocenters. The van der Waals surface area contributed by atoms with E-state index in [0.717, 1.165) is 13.0 Å². The zero-order chi connectivity index (χ0) is 14.1. The van der Waals surface area contributed by atoms with E-state index in [1.807, 2.05) is 37.1 Å². The van der Waals surface area contributed by atoms with Crippen molar-refractivity contribution in [3.63, 3.8) is 0 Å². The smallest absolute Gasteiger partial charge is 0.208 e. The first-order valence-electron chi connectivity index (χ1n) is 6.45. The first kappa shape index (κ1) is 15.5. The van der Waals surface area contributed by atoms with Gasteiger partial charge in [-0.15, -0.1) is 0 Å². The van der Waals surface area contributed by atoms with Crippen LogP contribution in [0.25, 0.3) is 0 Å². The van der Waals surface area contributed by atoms with Crippen LogP contribution in [0.5, 0.6) is 0 Å². The number of hydrogen-bond acceptors (Lipinski definition) is 3. The monoisotopic (exact) mass is 264 g/mol. The highest BCUT2D eigenvalue weighted by Gasteiger charge is 2.07. The number of benzene rings is 1. The quantitative estimate of drug-likeness (QED) is 0.348. The Labute approximate surface area is 115 Å². The van der Waals surface area contributed by atoms with Crippen molar-refractivity contribution < 1.29 is 4.74 Å². The summed E-state index contributed by atoms with van der Waals surface area (Å²) in [5.41, 5.74) is 3.95. The molecule has 0 aliphatic carbocycles. The Hall–Kier alpha value is -1.59. The number of nitrogens with two attached hydrogens (primary N) is 1. The average molecular weight is 264 g/mol. The maximum absolute atomic E-state index is 5.52. The van der Waals surface area contributed by atoms with E-state index >= 15 is 0 Å². The van der Waals surface area contributed by atoms with E-state index in [4.69, 9.17) is 10.6 Å². The molecule has 5 nitrogen and oxygen atoms in total. The van der Waals surface area contributed by atoms with Crippen molar-refractivity contribution in [3.8, 4) is 0 Å². The molecule has 3 N–H and O–H groups in total. The minimum Gasteiger partial charge on any atom is -0.382 e. The number of nitrogens with zero attached hydrogens (tertiary/aromatic N) is 2. The molecule has 1 aromatic carbocycles. The van der Waals surface area contributed by atoms with Crippen LogP contribution in [0.15, 0.2) is 35.3 Å². The molecule has 0 amide bonds. The molecular weight excluding hydrogens is 240 g/mol. The van der Waals surface area contributed by atoms with Gasteiger partial charge >= 0.3 is 0 Å². The van der Waals surface area contributed by atoms with Crippen molar-refractivity contribution >= 4 is 5.96 Å². The highest BCUT2D eigenvalue weighted by molar-refractivity contribution is 5.79. The van der Waals surface area contributed by atoms with Gasteiger partial charge in [-0.1, -0.05) is 30.3 Å². The Bertz CT molecular complexity index is 380. The lowest BCUT2D eigenvalue weighted by atomic mass is 10.1. The molecule has 0 saturated carbocycles. The fourth-order valence-corrected chi connectivity index (χ4v) is 1.78. The van der Waals surface area contributed by atoms with Gasteiger partial charge in [0.1, 0.15) is 0 Å². The van der Waals surface area contributed by atoms with Gasteiger partial charge in [0.2, 0.25) is 5.96 Å². The molecule has 0 saturated heterocycles. The molecule has 0 bridgehead atoms. The molecule has 0 fully saturated rings. The topological polar surface area (TPSA) is 62.9 Å². The Kier molecular flexibility index (Phi) is 6.92. The molecule has 5 heteroatoms. The summed E-state index contributed by atoms with van der Waals surface area (Å²) < 4.78 is 5.06. The predicted molar refractivity (Wildman–Crippen MR) is 78.9 cm³/mol. The second kappa shape index (κ2) is 8.50. The molecule has 1 aromatic rings. The lowest BCUT2D eigenvalue weighted by Crippen LogP contribution is -2.44. The third-order valence-electron chi connectivity index (χ3n) is 2.82. The number of rotatable bonds is 6. The first-order valence-corrected chi connectivity index (χ1v) is 6.45. The van der Waals surface area contributed by atoms with Crippen LogP contribution in [0.1, 0.15) is 12.5 Å². The van der Waals surface area contributed by atoms with Crippen LogP contribution in [0, 0.1) is 0 Å². The normalized spacial score (nSPS) is 13.2. The minimum atomic E-state index is 0.0789. The largest absolute Gasteiger partial charge is 0.382 e. The number of methoxy groups -OCH3 is 1. The van der Waals surface area contributed by atoms with Gasteiger partial charge < -0.3 is 9.64 Å². The summed E-state index contributed by atoms with van der Waals surface area (Å²) in [6.07, 6.45) is 0.955. The van der Waals surface area contributed by atoms with Gasteiger partial charge in [0.05, 0.1) is 12.6 Å². The predicted octanol–water partition coefficient (Wildman–Crippen LogP) is 1.02. The summed E-state index contributed by atoms with van der Waals surface area (Å²) in [7, 11) is 3.64. The van der Waals surface area contributed by atoms with Crippen LogP contribution in [-0.4, -0.2) is 44.2 Å². The fraction of sp³-hybridized carbons (Fsp3) is 0.500. The number of hydrazine groups is 1. The molecule has 0 aliphatic rings. The van der Waals surface area contributed by atoms with Crippen LogP contribution in [0.3, 0.4) is 0 Å². The maximum atomic E-state index is 5.52. The average Bonchev–Trinajstić information content (AvgIpc) is 2.43. The zero-order valence-corrected chi connectivity index (χ0v) is 12.0. The molecule has 106 valence electrons. The Morgan fingerprint density at radius 2 is 2.11 bits per heavy atom.